The molecule has 0 aliphatic heterocycles. The van der Waals surface area contributed by atoms with Crippen LogP contribution in [0.1, 0.15) is 48.9 Å². The Hall–Kier alpha value is -2.99. The maximum absolute atomic E-state index is 12.8. The third-order valence-corrected chi connectivity index (χ3v) is 6.57. The molecule has 0 spiro atoms. The molecule has 0 radical (unpaired) electrons. The van der Waals surface area contributed by atoms with Gasteiger partial charge in [-0.3, -0.25) is 14.5 Å². The molecule has 0 unspecified atom stereocenters. The summed E-state index contributed by atoms with van der Waals surface area (Å²) in [7, 11) is 3.83. The highest BCUT2D eigenvalue weighted by atomic mass is 16.1. The summed E-state index contributed by atoms with van der Waals surface area (Å²) in [5.41, 5.74) is 2.86. The number of amides is 1. The maximum atomic E-state index is 12.8. The fraction of sp³-hybridized carbons (Fsp3) is 0.423. The van der Waals surface area contributed by atoms with E-state index in [1.807, 2.05) is 24.3 Å². The van der Waals surface area contributed by atoms with Gasteiger partial charge in [-0.1, -0.05) is 61.7 Å². The number of nitrogens with zero attached hydrogens (tertiary/aromatic N) is 3. The molecule has 0 atom stereocenters. The second-order valence-corrected chi connectivity index (χ2v) is 8.85. The second kappa shape index (κ2) is 10.1. The Labute approximate surface area is 189 Å². The van der Waals surface area contributed by atoms with Crippen LogP contribution in [0.15, 0.2) is 53.3 Å². The van der Waals surface area contributed by atoms with E-state index in [2.05, 4.69) is 40.6 Å². The second-order valence-electron chi connectivity index (χ2n) is 8.85. The summed E-state index contributed by atoms with van der Waals surface area (Å²) in [5.74, 6) is -0.100. The average molecular weight is 433 g/mol. The van der Waals surface area contributed by atoms with Crippen LogP contribution < -0.4 is 10.9 Å². The van der Waals surface area contributed by atoms with Crippen LogP contribution in [-0.4, -0.2) is 33.7 Å². The van der Waals surface area contributed by atoms with Crippen molar-refractivity contribution in [1.29, 1.82) is 0 Å². The molecule has 6 nitrogen and oxygen atoms in total. The fourth-order valence-corrected chi connectivity index (χ4v) is 4.72. The lowest BCUT2D eigenvalue weighted by Crippen LogP contribution is -2.33. The van der Waals surface area contributed by atoms with Gasteiger partial charge in [0.1, 0.15) is 0 Å². The SMILES string of the molecule is CN(Cc1ccccc1CNC(=O)Cc1nn(C)c(=O)c2ccccc12)C1CCCCC1. The molecular formula is C26H32N4O2. The van der Waals surface area contributed by atoms with Crippen molar-refractivity contribution in [2.75, 3.05) is 7.05 Å². The Morgan fingerprint density at radius 3 is 2.44 bits per heavy atom. The van der Waals surface area contributed by atoms with Crippen LogP contribution in [0.5, 0.6) is 0 Å². The number of hydrogen-bond acceptors (Lipinski definition) is 4. The smallest absolute Gasteiger partial charge is 0.274 e. The molecule has 0 saturated heterocycles. The van der Waals surface area contributed by atoms with Crippen molar-refractivity contribution in [3.8, 4) is 0 Å². The molecule has 1 heterocycles. The van der Waals surface area contributed by atoms with Crippen molar-refractivity contribution < 1.29 is 4.79 Å². The number of aryl methyl sites for hydroxylation is 1. The van der Waals surface area contributed by atoms with E-state index < -0.39 is 0 Å². The van der Waals surface area contributed by atoms with Gasteiger partial charge in [0, 0.05) is 31.6 Å². The summed E-state index contributed by atoms with van der Waals surface area (Å²) in [5, 5.41) is 8.72. The predicted molar refractivity (Wildman–Crippen MR) is 127 cm³/mol. The summed E-state index contributed by atoms with van der Waals surface area (Å²) in [6.07, 6.45) is 6.68. The number of benzene rings is 2. The van der Waals surface area contributed by atoms with E-state index in [0.717, 1.165) is 17.5 Å². The van der Waals surface area contributed by atoms with E-state index in [0.29, 0.717) is 23.7 Å². The largest absolute Gasteiger partial charge is 0.352 e. The highest BCUT2D eigenvalue weighted by molar-refractivity contribution is 5.88. The van der Waals surface area contributed by atoms with Crippen LogP contribution >= 0.6 is 0 Å². The molecule has 6 heteroatoms. The molecule has 1 aliphatic carbocycles. The molecule has 32 heavy (non-hydrogen) atoms. The van der Waals surface area contributed by atoms with Gasteiger partial charge < -0.3 is 5.32 Å². The Bertz CT molecular complexity index is 1150. The molecule has 0 bridgehead atoms. The zero-order valence-corrected chi connectivity index (χ0v) is 19.0. The normalized spacial score (nSPS) is 14.7. The molecule has 2 aromatic carbocycles. The van der Waals surface area contributed by atoms with Crippen molar-refractivity contribution in [3.05, 3.63) is 75.7 Å². The minimum atomic E-state index is -0.152. The maximum Gasteiger partial charge on any atom is 0.274 e. The van der Waals surface area contributed by atoms with Gasteiger partial charge in [-0.15, -0.1) is 0 Å². The van der Waals surface area contributed by atoms with Crippen molar-refractivity contribution in [1.82, 2.24) is 20.0 Å². The van der Waals surface area contributed by atoms with E-state index in [-0.39, 0.29) is 17.9 Å². The number of nitrogens with one attached hydrogen (secondary N) is 1. The zero-order valence-electron chi connectivity index (χ0n) is 19.0. The summed E-state index contributed by atoms with van der Waals surface area (Å²) in [6.45, 7) is 1.38. The summed E-state index contributed by atoms with van der Waals surface area (Å²) in [6, 6.07) is 16.3. The first-order chi connectivity index (χ1) is 15.5. The highest BCUT2D eigenvalue weighted by Crippen LogP contribution is 2.23. The molecule has 1 aliphatic rings. The number of carbonyl (C=O) groups excluding carboxylic acids is 1. The number of fused-ring (bicyclic) bond motifs is 1. The first kappa shape index (κ1) is 22.2. The Morgan fingerprint density at radius 2 is 1.69 bits per heavy atom. The fourth-order valence-electron chi connectivity index (χ4n) is 4.72. The van der Waals surface area contributed by atoms with E-state index in [1.54, 1.807) is 13.1 Å². The standard InChI is InChI=1S/C26H32N4O2/c1-29(21-12-4-3-5-13-21)18-20-11-7-6-10-19(20)17-27-25(31)16-24-22-14-8-9-15-23(22)26(32)30(2)28-24/h6-11,14-15,21H,3-5,12-13,16-18H2,1-2H3,(H,27,31). The highest BCUT2D eigenvalue weighted by Gasteiger charge is 2.19. The molecule has 1 amide bonds. The van der Waals surface area contributed by atoms with E-state index >= 15 is 0 Å². The van der Waals surface area contributed by atoms with Crippen molar-refractivity contribution >= 4 is 16.7 Å². The predicted octanol–water partition coefficient (Wildman–Crippen LogP) is 3.56. The number of rotatable bonds is 7. The van der Waals surface area contributed by atoms with Gasteiger partial charge in [0.05, 0.1) is 17.5 Å². The third-order valence-electron chi connectivity index (χ3n) is 6.57. The molecule has 1 N–H and O–H groups in total. The van der Waals surface area contributed by atoms with Crippen LogP contribution in [-0.2, 0) is 31.4 Å². The van der Waals surface area contributed by atoms with Gasteiger partial charge in [-0.2, -0.15) is 5.10 Å². The van der Waals surface area contributed by atoms with Crippen molar-refractivity contribution in [2.45, 2.75) is 57.7 Å². The molecule has 1 aromatic heterocycles. The lowest BCUT2D eigenvalue weighted by atomic mass is 9.94. The summed E-state index contributed by atoms with van der Waals surface area (Å²) in [4.78, 5) is 27.5. The summed E-state index contributed by atoms with van der Waals surface area (Å²) < 4.78 is 1.31. The van der Waals surface area contributed by atoms with E-state index in [9.17, 15) is 9.59 Å². The number of carbonyl (C=O) groups is 1. The minimum absolute atomic E-state index is 0.100. The topological polar surface area (TPSA) is 67.2 Å². The first-order valence-corrected chi connectivity index (χ1v) is 11.5. The first-order valence-electron chi connectivity index (χ1n) is 11.5. The number of hydrogen-bond donors (Lipinski definition) is 1. The Morgan fingerprint density at radius 1 is 1.03 bits per heavy atom. The molecule has 1 saturated carbocycles. The Balaban J connectivity index is 1.42. The van der Waals surface area contributed by atoms with Gasteiger partial charge in [0.15, 0.2) is 0 Å². The van der Waals surface area contributed by atoms with Gasteiger partial charge in [-0.05, 0) is 37.1 Å². The lowest BCUT2D eigenvalue weighted by molar-refractivity contribution is -0.120. The van der Waals surface area contributed by atoms with Crippen LogP contribution in [0, 0.1) is 0 Å². The van der Waals surface area contributed by atoms with Gasteiger partial charge in [0.2, 0.25) is 5.91 Å². The minimum Gasteiger partial charge on any atom is -0.352 e. The zero-order chi connectivity index (χ0) is 22.5. The lowest BCUT2D eigenvalue weighted by Gasteiger charge is -2.31. The molecule has 4 rings (SSSR count). The van der Waals surface area contributed by atoms with Crippen LogP contribution in [0.3, 0.4) is 0 Å². The van der Waals surface area contributed by atoms with Gasteiger partial charge in [-0.25, -0.2) is 4.68 Å². The van der Waals surface area contributed by atoms with E-state index in [1.165, 1.54) is 42.3 Å². The van der Waals surface area contributed by atoms with Crippen LogP contribution in [0.2, 0.25) is 0 Å². The third kappa shape index (κ3) is 5.07. The van der Waals surface area contributed by atoms with Gasteiger partial charge in [0.25, 0.3) is 5.56 Å². The molecule has 3 aromatic rings. The monoisotopic (exact) mass is 432 g/mol. The average Bonchev–Trinajstić information content (AvgIpc) is 2.82. The molecular weight excluding hydrogens is 400 g/mol. The Kier molecular flexibility index (Phi) is 7.00. The van der Waals surface area contributed by atoms with Crippen LogP contribution in [0.4, 0.5) is 0 Å². The van der Waals surface area contributed by atoms with Crippen LogP contribution in [0.25, 0.3) is 10.8 Å². The number of aromatic nitrogens is 2. The summed E-state index contributed by atoms with van der Waals surface area (Å²) >= 11 is 0. The quantitative estimate of drug-likeness (QED) is 0.620. The van der Waals surface area contributed by atoms with E-state index in [4.69, 9.17) is 0 Å². The van der Waals surface area contributed by atoms with Gasteiger partial charge >= 0.3 is 0 Å². The van der Waals surface area contributed by atoms with Crippen molar-refractivity contribution in [2.24, 2.45) is 7.05 Å². The molecule has 1 fully saturated rings. The molecule has 168 valence electrons. The van der Waals surface area contributed by atoms with Crippen molar-refractivity contribution in [3.63, 3.8) is 0 Å².